The summed E-state index contributed by atoms with van der Waals surface area (Å²) in [5, 5.41) is 3.10. The van der Waals surface area contributed by atoms with Crippen LogP contribution in [0, 0.1) is 6.92 Å². The predicted octanol–water partition coefficient (Wildman–Crippen LogP) is 2.69. The minimum absolute atomic E-state index is 0.0367. The molecule has 2 aromatic heterocycles. The van der Waals surface area contributed by atoms with Gasteiger partial charge in [-0.25, -0.2) is 4.98 Å². The van der Waals surface area contributed by atoms with Gasteiger partial charge in [0.1, 0.15) is 5.69 Å². The molecule has 8 nitrogen and oxygen atoms in total. The van der Waals surface area contributed by atoms with Crippen LogP contribution >= 0.6 is 0 Å². The van der Waals surface area contributed by atoms with Crippen LogP contribution in [0.2, 0.25) is 0 Å². The molecule has 0 amide bonds. The lowest BCUT2D eigenvalue weighted by molar-refractivity contribution is 0.0962. The van der Waals surface area contributed by atoms with Gasteiger partial charge in [-0.1, -0.05) is 24.3 Å². The van der Waals surface area contributed by atoms with Gasteiger partial charge >= 0.3 is 0 Å². The Morgan fingerprint density at radius 3 is 2.76 bits per heavy atom. The molecule has 1 aromatic carbocycles. The number of rotatable bonds is 8. The van der Waals surface area contributed by atoms with Crippen LogP contribution < -0.4 is 16.6 Å². The number of carbonyl (C=O) groups excluding carboxylic acids is 1. The van der Waals surface area contributed by atoms with Crippen molar-refractivity contribution in [3.05, 3.63) is 87.7 Å². The molecule has 8 heteroatoms. The van der Waals surface area contributed by atoms with Crippen molar-refractivity contribution in [2.24, 2.45) is 5.73 Å². The monoisotopic (exact) mass is 459 g/mol. The van der Waals surface area contributed by atoms with Crippen LogP contribution in [0.5, 0.6) is 0 Å². The molecule has 3 aromatic rings. The van der Waals surface area contributed by atoms with Gasteiger partial charge < -0.3 is 20.4 Å². The van der Waals surface area contributed by atoms with Crippen LogP contribution in [-0.2, 0) is 17.8 Å². The van der Waals surface area contributed by atoms with Gasteiger partial charge in [0, 0.05) is 42.8 Å². The summed E-state index contributed by atoms with van der Waals surface area (Å²) < 4.78 is 7.29. The predicted molar refractivity (Wildman–Crippen MR) is 131 cm³/mol. The highest BCUT2D eigenvalue weighted by Gasteiger charge is 2.18. The quantitative estimate of drug-likeness (QED) is 0.393. The smallest absolute Gasteiger partial charge is 0.250 e. The molecule has 0 bridgehead atoms. The molecule has 34 heavy (non-hydrogen) atoms. The fourth-order valence-corrected chi connectivity index (χ4v) is 3.97. The van der Waals surface area contributed by atoms with Gasteiger partial charge in [-0.2, -0.15) is 0 Å². The molecule has 3 N–H and O–H groups in total. The highest BCUT2D eigenvalue weighted by atomic mass is 16.5. The summed E-state index contributed by atoms with van der Waals surface area (Å²) in [6, 6.07) is 10.9. The number of benzene rings is 1. The average molecular weight is 460 g/mol. The Kier molecular flexibility index (Phi) is 7.30. The summed E-state index contributed by atoms with van der Waals surface area (Å²) in [7, 11) is 1.89. The van der Waals surface area contributed by atoms with Crippen molar-refractivity contribution in [2.75, 3.05) is 13.7 Å². The van der Waals surface area contributed by atoms with Crippen LogP contribution in [0.1, 0.15) is 40.2 Å². The standard InChI is InChI=1S/C26H29N5O3/c1-17-26(24(32)12-22(27)19-7-5-18(6-8-19)13-28-2)30-23(14-29-17)20-9-10-25(33)31(15-20)16-21-4-3-11-34-21/h5-10,12,14-15,21,28H,3-4,11,13,16,27H2,1-2H3/b22-12-. The first-order valence-electron chi connectivity index (χ1n) is 11.4. The van der Waals surface area contributed by atoms with Crippen LogP contribution in [0.25, 0.3) is 17.0 Å². The Labute approximate surface area is 198 Å². The number of ether oxygens (including phenoxy) is 1. The number of hydrogen-bond acceptors (Lipinski definition) is 7. The van der Waals surface area contributed by atoms with E-state index in [-0.39, 0.29) is 23.1 Å². The van der Waals surface area contributed by atoms with E-state index in [1.54, 1.807) is 30.0 Å². The van der Waals surface area contributed by atoms with Crippen molar-refractivity contribution in [2.45, 2.75) is 39.0 Å². The van der Waals surface area contributed by atoms with Crippen molar-refractivity contribution < 1.29 is 9.53 Å². The second-order valence-electron chi connectivity index (χ2n) is 8.42. The van der Waals surface area contributed by atoms with E-state index in [2.05, 4.69) is 15.3 Å². The average Bonchev–Trinajstić information content (AvgIpc) is 3.34. The summed E-state index contributed by atoms with van der Waals surface area (Å²) in [4.78, 5) is 34.3. The number of carbonyl (C=O) groups is 1. The van der Waals surface area contributed by atoms with Gasteiger partial charge in [-0.15, -0.1) is 0 Å². The van der Waals surface area contributed by atoms with E-state index in [0.29, 0.717) is 29.2 Å². The van der Waals surface area contributed by atoms with E-state index in [1.165, 1.54) is 12.1 Å². The second-order valence-corrected chi connectivity index (χ2v) is 8.42. The number of aryl methyl sites for hydroxylation is 1. The summed E-state index contributed by atoms with van der Waals surface area (Å²) in [5.74, 6) is -0.323. The zero-order chi connectivity index (χ0) is 24.1. The van der Waals surface area contributed by atoms with Crippen LogP contribution in [-0.4, -0.2) is 40.1 Å². The molecule has 0 spiro atoms. The maximum atomic E-state index is 13.0. The molecule has 1 aliphatic heterocycles. The molecule has 1 unspecified atom stereocenters. The Balaban J connectivity index is 1.58. The van der Waals surface area contributed by atoms with Crippen molar-refractivity contribution in [1.29, 1.82) is 0 Å². The van der Waals surface area contributed by atoms with Gasteiger partial charge in [0.2, 0.25) is 5.78 Å². The number of nitrogens with two attached hydrogens (primary N) is 1. The maximum absolute atomic E-state index is 13.0. The van der Waals surface area contributed by atoms with Gasteiger partial charge in [0.15, 0.2) is 0 Å². The van der Waals surface area contributed by atoms with E-state index in [1.807, 2.05) is 31.3 Å². The van der Waals surface area contributed by atoms with Crippen molar-refractivity contribution in [3.8, 4) is 11.3 Å². The summed E-state index contributed by atoms with van der Waals surface area (Å²) >= 11 is 0. The first kappa shape index (κ1) is 23.5. The van der Waals surface area contributed by atoms with Crippen molar-refractivity contribution in [1.82, 2.24) is 19.9 Å². The lowest BCUT2D eigenvalue weighted by Crippen LogP contribution is -2.25. The number of nitrogens with zero attached hydrogens (tertiary/aromatic N) is 3. The highest BCUT2D eigenvalue weighted by molar-refractivity contribution is 6.07. The van der Waals surface area contributed by atoms with Crippen molar-refractivity contribution >= 4 is 11.5 Å². The van der Waals surface area contributed by atoms with E-state index < -0.39 is 0 Å². The SMILES string of the molecule is CNCc1ccc(/C(N)=C/C(=O)c2nc(-c3ccc(=O)n(CC4CCCO4)c3)cnc2C)cc1. The lowest BCUT2D eigenvalue weighted by atomic mass is 10.1. The first-order valence-corrected chi connectivity index (χ1v) is 11.4. The largest absolute Gasteiger partial charge is 0.398 e. The lowest BCUT2D eigenvalue weighted by Gasteiger charge is -2.13. The first-order chi connectivity index (χ1) is 16.4. The molecule has 0 saturated carbocycles. The molecule has 1 aliphatic rings. The number of ketones is 1. The van der Waals surface area contributed by atoms with Crippen LogP contribution in [0.15, 0.2) is 59.7 Å². The van der Waals surface area contributed by atoms with E-state index in [4.69, 9.17) is 10.5 Å². The molecular weight excluding hydrogens is 430 g/mol. The maximum Gasteiger partial charge on any atom is 0.250 e. The highest BCUT2D eigenvalue weighted by Crippen LogP contribution is 2.19. The third kappa shape index (κ3) is 5.47. The van der Waals surface area contributed by atoms with Crippen LogP contribution in [0.4, 0.5) is 0 Å². The third-order valence-corrected chi connectivity index (χ3v) is 5.85. The molecule has 1 fully saturated rings. The Hall–Kier alpha value is -3.62. The summed E-state index contributed by atoms with van der Waals surface area (Å²) in [6.07, 6.45) is 6.71. The van der Waals surface area contributed by atoms with Crippen LogP contribution in [0.3, 0.4) is 0 Å². The molecule has 4 rings (SSSR count). The van der Waals surface area contributed by atoms with Gasteiger partial charge in [0.25, 0.3) is 5.56 Å². The zero-order valence-corrected chi connectivity index (χ0v) is 19.5. The number of nitrogens with one attached hydrogen (secondary N) is 1. The number of hydrogen-bond donors (Lipinski definition) is 2. The Morgan fingerprint density at radius 2 is 2.06 bits per heavy atom. The molecule has 0 radical (unpaired) electrons. The minimum atomic E-state index is -0.323. The number of aromatic nitrogens is 3. The molecule has 3 heterocycles. The Morgan fingerprint density at radius 1 is 1.26 bits per heavy atom. The fourth-order valence-electron chi connectivity index (χ4n) is 3.97. The second kappa shape index (κ2) is 10.5. The minimum Gasteiger partial charge on any atom is -0.398 e. The van der Waals surface area contributed by atoms with E-state index >= 15 is 0 Å². The summed E-state index contributed by atoms with van der Waals surface area (Å²) in [5.41, 5.74) is 10.3. The normalized spacial score (nSPS) is 16.1. The molecule has 0 aliphatic carbocycles. The van der Waals surface area contributed by atoms with Gasteiger partial charge in [0.05, 0.1) is 30.2 Å². The van der Waals surface area contributed by atoms with Gasteiger partial charge in [-0.3, -0.25) is 14.6 Å². The van der Waals surface area contributed by atoms with E-state index in [0.717, 1.165) is 37.1 Å². The fraction of sp³-hybridized carbons (Fsp3) is 0.308. The summed E-state index contributed by atoms with van der Waals surface area (Å²) in [6.45, 7) is 3.71. The number of allylic oxidation sites excluding steroid dienone is 1. The topological polar surface area (TPSA) is 112 Å². The van der Waals surface area contributed by atoms with Crippen molar-refractivity contribution in [3.63, 3.8) is 0 Å². The molecule has 1 saturated heterocycles. The zero-order valence-electron chi connectivity index (χ0n) is 19.5. The molecule has 1 atom stereocenters. The number of pyridine rings is 1. The third-order valence-electron chi connectivity index (χ3n) is 5.85. The Bertz CT molecular complexity index is 1260. The van der Waals surface area contributed by atoms with E-state index in [9.17, 15) is 9.59 Å². The molecular formula is C26H29N5O3. The molecule has 176 valence electrons. The van der Waals surface area contributed by atoms with Gasteiger partial charge in [-0.05, 0) is 44.0 Å².